The highest BCUT2D eigenvalue weighted by Crippen LogP contribution is 2.15. The van der Waals surface area contributed by atoms with Gasteiger partial charge in [0.15, 0.2) is 5.69 Å². The van der Waals surface area contributed by atoms with Crippen LogP contribution in [0.4, 0.5) is 5.82 Å². The van der Waals surface area contributed by atoms with E-state index >= 15 is 0 Å². The Hall–Kier alpha value is -1.62. The van der Waals surface area contributed by atoms with Crippen molar-refractivity contribution in [3.63, 3.8) is 0 Å². The molecule has 1 N–H and O–H groups in total. The summed E-state index contributed by atoms with van der Waals surface area (Å²) in [5.74, 6) is -0.293. The molecule has 1 atom stereocenters. The van der Waals surface area contributed by atoms with Gasteiger partial charge >= 0.3 is 5.97 Å². The van der Waals surface area contributed by atoms with Gasteiger partial charge in [-0.05, 0) is 19.1 Å². The molecule has 1 aromatic heterocycles. The van der Waals surface area contributed by atoms with Crippen LogP contribution in [0.1, 0.15) is 17.4 Å². The Morgan fingerprint density at radius 1 is 1.62 bits per heavy atom. The van der Waals surface area contributed by atoms with Crippen LogP contribution in [0.2, 0.25) is 0 Å². The van der Waals surface area contributed by atoms with Crippen molar-refractivity contribution in [3.05, 3.63) is 23.9 Å². The largest absolute Gasteiger partial charge is 0.477 e. The summed E-state index contributed by atoms with van der Waals surface area (Å²) in [7, 11) is 0. The molecule has 0 amide bonds. The van der Waals surface area contributed by atoms with Gasteiger partial charge in [0.25, 0.3) is 0 Å². The minimum atomic E-state index is -0.997. The number of anilines is 1. The highest BCUT2D eigenvalue weighted by atomic mass is 16.5. The first-order valence-electron chi connectivity index (χ1n) is 5.23. The van der Waals surface area contributed by atoms with E-state index in [2.05, 4.69) is 4.98 Å². The Morgan fingerprint density at radius 3 is 3.12 bits per heavy atom. The minimum Gasteiger partial charge on any atom is -0.477 e. The highest BCUT2D eigenvalue weighted by molar-refractivity contribution is 5.85. The smallest absolute Gasteiger partial charge is 0.354 e. The Balaban J connectivity index is 2.19. The zero-order valence-corrected chi connectivity index (χ0v) is 9.09. The fourth-order valence-electron chi connectivity index (χ4n) is 1.75. The van der Waals surface area contributed by atoms with Gasteiger partial charge in [-0.2, -0.15) is 0 Å². The van der Waals surface area contributed by atoms with Gasteiger partial charge in [0.05, 0.1) is 12.7 Å². The number of morpholine rings is 1. The van der Waals surface area contributed by atoms with Crippen molar-refractivity contribution < 1.29 is 14.6 Å². The number of aromatic carboxylic acids is 1. The molecule has 0 radical (unpaired) electrons. The van der Waals surface area contributed by atoms with Crippen molar-refractivity contribution in [1.29, 1.82) is 0 Å². The van der Waals surface area contributed by atoms with E-state index in [1.807, 2.05) is 17.9 Å². The van der Waals surface area contributed by atoms with E-state index in [-0.39, 0.29) is 11.8 Å². The van der Waals surface area contributed by atoms with Gasteiger partial charge in [0.1, 0.15) is 5.82 Å². The Labute approximate surface area is 93.7 Å². The lowest BCUT2D eigenvalue weighted by Crippen LogP contribution is -2.41. The molecule has 0 aromatic carbocycles. The van der Waals surface area contributed by atoms with Gasteiger partial charge in [-0.15, -0.1) is 0 Å². The van der Waals surface area contributed by atoms with Gasteiger partial charge in [-0.1, -0.05) is 6.07 Å². The molecule has 1 aliphatic rings. The first kappa shape index (κ1) is 10.9. The fraction of sp³-hybridized carbons (Fsp3) is 0.455. The Bertz CT molecular complexity index is 395. The molecule has 1 fully saturated rings. The number of carboxylic acids is 1. The van der Waals surface area contributed by atoms with Crippen LogP contribution in [-0.4, -0.2) is 41.9 Å². The van der Waals surface area contributed by atoms with E-state index in [0.29, 0.717) is 12.4 Å². The quantitative estimate of drug-likeness (QED) is 0.809. The lowest BCUT2D eigenvalue weighted by molar-refractivity contribution is 0.0529. The fourth-order valence-corrected chi connectivity index (χ4v) is 1.75. The van der Waals surface area contributed by atoms with Crippen LogP contribution in [-0.2, 0) is 4.74 Å². The van der Waals surface area contributed by atoms with Crippen LogP contribution in [0.3, 0.4) is 0 Å². The third-order valence-corrected chi connectivity index (χ3v) is 2.52. The maximum Gasteiger partial charge on any atom is 0.354 e. The number of pyridine rings is 1. The number of hydrogen-bond donors (Lipinski definition) is 1. The minimum absolute atomic E-state index is 0.0802. The van der Waals surface area contributed by atoms with E-state index in [1.54, 1.807) is 6.07 Å². The number of nitrogens with zero attached hydrogens (tertiary/aromatic N) is 2. The number of carbonyl (C=O) groups is 1. The van der Waals surface area contributed by atoms with Crippen LogP contribution >= 0.6 is 0 Å². The molecule has 1 aliphatic heterocycles. The van der Waals surface area contributed by atoms with Crippen molar-refractivity contribution in [2.45, 2.75) is 13.0 Å². The molecule has 5 heteroatoms. The van der Waals surface area contributed by atoms with Crippen LogP contribution in [0.25, 0.3) is 0 Å². The van der Waals surface area contributed by atoms with E-state index in [9.17, 15) is 4.79 Å². The van der Waals surface area contributed by atoms with Gasteiger partial charge in [-0.25, -0.2) is 9.78 Å². The predicted molar refractivity (Wildman–Crippen MR) is 58.8 cm³/mol. The van der Waals surface area contributed by atoms with Crippen molar-refractivity contribution in [2.24, 2.45) is 0 Å². The molecule has 2 heterocycles. The summed E-state index contributed by atoms with van der Waals surface area (Å²) in [4.78, 5) is 16.9. The van der Waals surface area contributed by atoms with Crippen LogP contribution in [0, 0.1) is 0 Å². The van der Waals surface area contributed by atoms with Crippen molar-refractivity contribution in [2.75, 3.05) is 24.6 Å². The number of hydrogen-bond acceptors (Lipinski definition) is 4. The number of carboxylic acid groups (broad SMARTS) is 1. The van der Waals surface area contributed by atoms with E-state index in [1.165, 1.54) is 6.07 Å². The van der Waals surface area contributed by atoms with E-state index < -0.39 is 5.97 Å². The molecule has 0 saturated carbocycles. The van der Waals surface area contributed by atoms with Crippen molar-refractivity contribution >= 4 is 11.8 Å². The second kappa shape index (κ2) is 4.49. The summed E-state index contributed by atoms with van der Waals surface area (Å²) < 4.78 is 5.42. The second-order valence-electron chi connectivity index (χ2n) is 3.81. The average Bonchev–Trinajstić information content (AvgIpc) is 2.29. The normalized spacial score (nSPS) is 20.8. The lowest BCUT2D eigenvalue weighted by Gasteiger charge is -2.32. The van der Waals surface area contributed by atoms with Crippen LogP contribution in [0.5, 0.6) is 0 Å². The first-order valence-corrected chi connectivity index (χ1v) is 5.23. The molecule has 16 heavy (non-hydrogen) atoms. The SMILES string of the molecule is CC1CN(c2cccc(C(=O)O)n2)CCO1. The van der Waals surface area contributed by atoms with Gasteiger partial charge < -0.3 is 14.7 Å². The van der Waals surface area contributed by atoms with E-state index in [0.717, 1.165) is 13.1 Å². The van der Waals surface area contributed by atoms with Crippen LogP contribution < -0.4 is 4.90 Å². The number of aromatic nitrogens is 1. The predicted octanol–water partition coefficient (Wildman–Crippen LogP) is 1.00. The molecule has 2 rings (SSSR count). The summed E-state index contributed by atoms with van der Waals surface area (Å²) in [5.41, 5.74) is 0.0802. The maximum absolute atomic E-state index is 10.8. The highest BCUT2D eigenvalue weighted by Gasteiger charge is 2.18. The summed E-state index contributed by atoms with van der Waals surface area (Å²) >= 11 is 0. The standard InChI is InChI=1S/C11H14N2O3/c1-8-7-13(5-6-16-8)10-4-2-3-9(12-10)11(14)15/h2-4,8H,5-7H2,1H3,(H,14,15). The molecule has 86 valence electrons. The molecule has 1 aromatic rings. The molecular formula is C11H14N2O3. The maximum atomic E-state index is 10.8. The zero-order valence-electron chi connectivity index (χ0n) is 9.09. The molecule has 0 spiro atoms. The van der Waals surface area contributed by atoms with Crippen molar-refractivity contribution in [1.82, 2.24) is 4.98 Å². The molecule has 0 bridgehead atoms. The average molecular weight is 222 g/mol. The first-order chi connectivity index (χ1) is 7.66. The summed E-state index contributed by atoms with van der Waals surface area (Å²) in [6, 6.07) is 5.03. The zero-order chi connectivity index (χ0) is 11.5. The molecule has 1 saturated heterocycles. The molecule has 5 nitrogen and oxygen atoms in total. The number of ether oxygens (including phenoxy) is 1. The number of rotatable bonds is 2. The van der Waals surface area contributed by atoms with Gasteiger partial charge in [-0.3, -0.25) is 0 Å². The summed E-state index contributed by atoms with van der Waals surface area (Å²) in [6.45, 7) is 4.14. The molecule has 0 aliphatic carbocycles. The van der Waals surface area contributed by atoms with Gasteiger partial charge in [0.2, 0.25) is 0 Å². The van der Waals surface area contributed by atoms with E-state index in [4.69, 9.17) is 9.84 Å². The third-order valence-electron chi connectivity index (χ3n) is 2.52. The molecular weight excluding hydrogens is 208 g/mol. The summed E-state index contributed by atoms with van der Waals surface area (Å²) in [6.07, 6.45) is 0.157. The second-order valence-corrected chi connectivity index (χ2v) is 3.81. The monoisotopic (exact) mass is 222 g/mol. The summed E-state index contributed by atoms with van der Waals surface area (Å²) in [5, 5.41) is 8.85. The van der Waals surface area contributed by atoms with Crippen LogP contribution in [0.15, 0.2) is 18.2 Å². The van der Waals surface area contributed by atoms with Gasteiger partial charge in [0, 0.05) is 13.1 Å². The Morgan fingerprint density at radius 2 is 2.44 bits per heavy atom. The molecule has 1 unspecified atom stereocenters. The Kier molecular flexibility index (Phi) is 3.05. The lowest BCUT2D eigenvalue weighted by atomic mass is 10.3. The van der Waals surface area contributed by atoms with Crippen molar-refractivity contribution in [3.8, 4) is 0 Å². The topological polar surface area (TPSA) is 62.7 Å². The third kappa shape index (κ3) is 2.30.